The number of nitrogens with zero attached hydrogens (tertiary/aromatic N) is 1. The van der Waals surface area contributed by atoms with E-state index in [0.717, 1.165) is 27.6 Å². The van der Waals surface area contributed by atoms with Gasteiger partial charge in [-0.3, -0.25) is 4.79 Å². The lowest BCUT2D eigenvalue weighted by Crippen LogP contribution is -2.12. The Hall–Kier alpha value is -2.93. The maximum atomic E-state index is 12.5. The molecule has 0 aliphatic heterocycles. The molecule has 0 saturated heterocycles. The molecule has 1 amide bonds. The molecule has 2 aromatic carbocycles. The first-order chi connectivity index (χ1) is 13.5. The number of ether oxygens (including phenoxy) is 2. The minimum Gasteiger partial charge on any atom is -0.493 e. The Balaban J connectivity index is 1.71. The van der Waals surface area contributed by atoms with Crippen molar-refractivity contribution in [2.45, 2.75) is 25.3 Å². The zero-order valence-electron chi connectivity index (χ0n) is 16.2. The number of benzene rings is 2. The number of carbonyl (C=O) groups excluding carboxylic acids is 1. The number of amides is 1. The Morgan fingerprint density at radius 2 is 1.89 bits per heavy atom. The highest BCUT2D eigenvalue weighted by molar-refractivity contribution is 7.98. The SMILES string of the molecule is COc1cc(C(=O)Nc2ccc(SC)cc2)ccc1OCc1c(C)noc1C. The van der Waals surface area contributed by atoms with E-state index in [-0.39, 0.29) is 5.91 Å². The molecule has 0 fully saturated rings. The lowest BCUT2D eigenvalue weighted by Gasteiger charge is -2.12. The third-order valence-corrected chi connectivity index (χ3v) is 5.07. The molecular formula is C21H22N2O4S. The van der Waals surface area contributed by atoms with Crippen LogP contribution in [0.3, 0.4) is 0 Å². The molecule has 0 aliphatic rings. The largest absolute Gasteiger partial charge is 0.493 e. The van der Waals surface area contributed by atoms with Gasteiger partial charge in [-0.05, 0) is 62.6 Å². The van der Waals surface area contributed by atoms with Crippen LogP contribution in [0.15, 0.2) is 51.9 Å². The lowest BCUT2D eigenvalue weighted by atomic mass is 10.1. The summed E-state index contributed by atoms with van der Waals surface area (Å²) in [6, 6.07) is 12.8. The first-order valence-electron chi connectivity index (χ1n) is 8.69. The van der Waals surface area contributed by atoms with Crippen molar-refractivity contribution in [3.63, 3.8) is 0 Å². The van der Waals surface area contributed by atoms with Crippen molar-refractivity contribution in [1.82, 2.24) is 5.16 Å². The molecule has 1 heterocycles. The fourth-order valence-corrected chi connectivity index (χ4v) is 3.07. The molecule has 1 N–H and O–H groups in total. The fourth-order valence-electron chi connectivity index (χ4n) is 2.66. The molecule has 1 aromatic heterocycles. The van der Waals surface area contributed by atoms with Crippen LogP contribution in [0.2, 0.25) is 0 Å². The van der Waals surface area contributed by atoms with Crippen molar-refractivity contribution in [1.29, 1.82) is 0 Å². The van der Waals surface area contributed by atoms with Gasteiger partial charge in [0.05, 0.1) is 18.4 Å². The van der Waals surface area contributed by atoms with Crippen LogP contribution < -0.4 is 14.8 Å². The number of nitrogens with one attached hydrogen (secondary N) is 1. The van der Waals surface area contributed by atoms with Gasteiger partial charge in [-0.2, -0.15) is 0 Å². The highest BCUT2D eigenvalue weighted by atomic mass is 32.2. The first-order valence-corrected chi connectivity index (χ1v) is 9.92. The molecular weight excluding hydrogens is 376 g/mol. The number of aromatic nitrogens is 1. The molecule has 3 aromatic rings. The second kappa shape index (κ2) is 8.84. The summed E-state index contributed by atoms with van der Waals surface area (Å²) in [5.41, 5.74) is 2.91. The first kappa shape index (κ1) is 19.8. The van der Waals surface area contributed by atoms with E-state index in [4.69, 9.17) is 14.0 Å². The molecule has 0 bridgehead atoms. The number of anilines is 1. The molecule has 0 unspecified atom stereocenters. The standard InChI is InChI=1S/C21H22N2O4S/c1-13-18(14(2)27-23-13)12-26-19-10-5-15(11-20(19)25-3)21(24)22-16-6-8-17(28-4)9-7-16/h5-11H,12H2,1-4H3,(H,22,24). The van der Waals surface area contributed by atoms with E-state index < -0.39 is 0 Å². The number of carbonyl (C=O) groups is 1. The Morgan fingerprint density at radius 3 is 2.50 bits per heavy atom. The summed E-state index contributed by atoms with van der Waals surface area (Å²) in [5.74, 6) is 1.54. The third-order valence-electron chi connectivity index (χ3n) is 4.33. The second-order valence-electron chi connectivity index (χ2n) is 6.14. The molecule has 28 heavy (non-hydrogen) atoms. The van der Waals surface area contributed by atoms with Crippen LogP contribution in [0.4, 0.5) is 5.69 Å². The normalized spacial score (nSPS) is 10.6. The zero-order chi connectivity index (χ0) is 20.1. The maximum absolute atomic E-state index is 12.5. The fraction of sp³-hybridized carbons (Fsp3) is 0.238. The van der Waals surface area contributed by atoms with Gasteiger partial charge in [0, 0.05) is 16.1 Å². The van der Waals surface area contributed by atoms with Gasteiger partial charge in [-0.1, -0.05) is 5.16 Å². The van der Waals surface area contributed by atoms with Gasteiger partial charge in [-0.25, -0.2) is 0 Å². The summed E-state index contributed by atoms with van der Waals surface area (Å²) in [4.78, 5) is 13.7. The number of methoxy groups -OCH3 is 1. The Morgan fingerprint density at radius 1 is 1.14 bits per heavy atom. The molecule has 7 heteroatoms. The molecule has 6 nitrogen and oxygen atoms in total. The molecule has 0 atom stereocenters. The minimum atomic E-state index is -0.215. The zero-order valence-corrected chi connectivity index (χ0v) is 17.1. The number of hydrogen-bond donors (Lipinski definition) is 1. The van der Waals surface area contributed by atoms with Crippen molar-refractivity contribution in [2.75, 3.05) is 18.7 Å². The number of aryl methyl sites for hydroxylation is 2. The topological polar surface area (TPSA) is 73.6 Å². The summed E-state index contributed by atoms with van der Waals surface area (Å²) in [7, 11) is 1.54. The average molecular weight is 398 g/mol. The van der Waals surface area contributed by atoms with Crippen LogP contribution in [0.5, 0.6) is 11.5 Å². The summed E-state index contributed by atoms with van der Waals surface area (Å²) in [6.45, 7) is 4.02. The molecule has 0 aliphatic carbocycles. The van der Waals surface area contributed by atoms with E-state index in [1.54, 1.807) is 37.1 Å². The molecule has 0 spiro atoms. The van der Waals surface area contributed by atoms with Gasteiger partial charge >= 0.3 is 0 Å². The number of thioether (sulfide) groups is 1. The van der Waals surface area contributed by atoms with Crippen LogP contribution in [-0.4, -0.2) is 24.4 Å². The Kier molecular flexibility index (Phi) is 6.26. The van der Waals surface area contributed by atoms with Crippen molar-refractivity contribution in [3.05, 3.63) is 65.0 Å². The van der Waals surface area contributed by atoms with Gasteiger partial charge in [0.25, 0.3) is 5.91 Å². The summed E-state index contributed by atoms with van der Waals surface area (Å²) < 4.78 is 16.4. The number of hydrogen-bond acceptors (Lipinski definition) is 6. The third kappa shape index (κ3) is 4.48. The Labute approximate surface area is 168 Å². The van der Waals surface area contributed by atoms with Gasteiger partial charge in [0.1, 0.15) is 12.4 Å². The number of rotatable bonds is 7. The van der Waals surface area contributed by atoms with E-state index in [2.05, 4.69) is 10.5 Å². The van der Waals surface area contributed by atoms with Gasteiger partial charge in [-0.15, -0.1) is 11.8 Å². The van der Waals surface area contributed by atoms with Gasteiger partial charge in [0.2, 0.25) is 0 Å². The summed E-state index contributed by atoms with van der Waals surface area (Å²) in [6.07, 6.45) is 2.01. The maximum Gasteiger partial charge on any atom is 0.255 e. The van der Waals surface area contributed by atoms with Crippen molar-refractivity contribution in [2.24, 2.45) is 0 Å². The van der Waals surface area contributed by atoms with Crippen LogP contribution in [0.25, 0.3) is 0 Å². The van der Waals surface area contributed by atoms with Crippen LogP contribution in [0, 0.1) is 13.8 Å². The molecule has 3 rings (SSSR count). The Bertz CT molecular complexity index is 948. The van der Waals surface area contributed by atoms with E-state index in [1.165, 1.54) is 0 Å². The molecule has 0 saturated carbocycles. The monoisotopic (exact) mass is 398 g/mol. The average Bonchev–Trinajstić information content (AvgIpc) is 3.04. The molecule has 146 valence electrons. The van der Waals surface area contributed by atoms with Crippen LogP contribution in [-0.2, 0) is 6.61 Å². The van der Waals surface area contributed by atoms with E-state index in [0.29, 0.717) is 23.7 Å². The highest BCUT2D eigenvalue weighted by Crippen LogP contribution is 2.30. The van der Waals surface area contributed by atoms with Gasteiger partial charge < -0.3 is 19.3 Å². The molecule has 0 radical (unpaired) electrons. The van der Waals surface area contributed by atoms with Crippen molar-refractivity contribution in [3.8, 4) is 11.5 Å². The van der Waals surface area contributed by atoms with E-state index in [1.807, 2.05) is 44.4 Å². The van der Waals surface area contributed by atoms with Crippen LogP contribution >= 0.6 is 11.8 Å². The predicted molar refractivity (Wildman–Crippen MR) is 109 cm³/mol. The smallest absolute Gasteiger partial charge is 0.255 e. The predicted octanol–water partition coefficient (Wildman–Crippen LogP) is 4.85. The van der Waals surface area contributed by atoms with E-state index in [9.17, 15) is 4.79 Å². The van der Waals surface area contributed by atoms with E-state index >= 15 is 0 Å². The summed E-state index contributed by atoms with van der Waals surface area (Å²) in [5, 5.41) is 6.80. The second-order valence-corrected chi connectivity index (χ2v) is 7.02. The lowest BCUT2D eigenvalue weighted by molar-refractivity contribution is 0.102. The van der Waals surface area contributed by atoms with Crippen molar-refractivity contribution >= 4 is 23.4 Å². The highest BCUT2D eigenvalue weighted by Gasteiger charge is 2.14. The van der Waals surface area contributed by atoms with Gasteiger partial charge in [0.15, 0.2) is 11.5 Å². The van der Waals surface area contributed by atoms with Crippen molar-refractivity contribution < 1.29 is 18.8 Å². The minimum absolute atomic E-state index is 0.215. The summed E-state index contributed by atoms with van der Waals surface area (Å²) >= 11 is 1.65. The van der Waals surface area contributed by atoms with Crippen LogP contribution in [0.1, 0.15) is 27.4 Å². The quantitative estimate of drug-likeness (QED) is 0.573.